The van der Waals surface area contributed by atoms with E-state index in [9.17, 15) is 0 Å². The van der Waals surface area contributed by atoms with E-state index in [2.05, 4.69) is 129 Å². The van der Waals surface area contributed by atoms with Crippen LogP contribution in [0.25, 0.3) is 27.1 Å². The van der Waals surface area contributed by atoms with E-state index in [1.54, 1.807) is 0 Å². The van der Waals surface area contributed by atoms with Crippen molar-refractivity contribution in [2.45, 2.75) is 33.1 Å². The predicted molar refractivity (Wildman–Crippen MR) is 154 cm³/mol. The topological polar surface area (TPSA) is 0 Å². The van der Waals surface area contributed by atoms with Crippen molar-refractivity contribution in [2.24, 2.45) is 0 Å². The Morgan fingerprint density at radius 2 is 1.34 bits per heavy atom. The van der Waals surface area contributed by atoms with Gasteiger partial charge in [0.25, 0.3) is 0 Å². The molecule has 38 heavy (non-hydrogen) atoms. The molecule has 3 heteroatoms. The second-order valence-electron chi connectivity index (χ2n) is 9.23. The van der Waals surface area contributed by atoms with Crippen molar-refractivity contribution in [1.29, 1.82) is 0 Å². The van der Waals surface area contributed by atoms with Crippen LogP contribution < -0.4 is 24.8 Å². The third-order valence-corrected chi connectivity index (χ3v) is 8.46. The number of halogens is 2. The van der Waals surface area contributed by atoms with Gasteiger partial charge in [-0.25, -0.2) is 0 Å². The molecule has 190 valence electrons. The molecule has 0 bridgehead atoms. The molecule has 0 spiro atoms. The van der Waals surface area contributed by atoms with Crippen LogP contribution >= 0.6 is 0 Å². The summed E-state index contributed by atoms with van der Waals surface area (Å²) >= 11 is 1.46. The Hall–Kier alpha value is -2.44. The molecule has 5 aromatic carbocycles. The van der Waals surface area contributed by atoms with Crippen LogP contribution in [0, 0.1) is 0 Å². The molecule has 0 aromatic heterocycles. The van der Waals surface area contributed by atoms with Crippen LogP contribution in [0.5, 0.6) is 0 Å². The minimum absolute atomic E-state index is 0. The van der Waals surface area contributed by atoms with Crippen LogP contribution in [0.2, 0.25) is 0 Å². The molecule has 0 N–H and O–H groups in total. The summed E-state index contributed by atoms with van der Waals surface area (Å²) < 4.78 is 1.42. The fraction of sp³-hybridized carbons (Fsp3) is 0.143. The molecule has 0 atom stereocenters. The Balaban J connectivity index is 0.000000219. The van der Waals surface area contributed by atoms with Crippen molar-refractivity contribution in [3.63, 3.8) is 0 Å². The molecular formula is C35H31Cl2Zr-. The van der Waals surface area contributed by atoms with Crippen molar-refractivity contribution in [1.82, 2.24) is 0 Å². The molecule has 0 saturated carbocycles. The Bertz CT molecular complexity index is 1530. The fourth-order valence-corrected chi connectivity index (χ4v) is 6.06. The molecule has 1 aliphatic rings. The molecule has 0 heterocycles. The summed E-state index contributed by atoms with van der Waals surface area (Å²) in [4.78, 5) is 0. The second-order valence-corrected chi connectivity index (χ2v) is 10.5. The van der Waals surface area contributed by atoms with Crippen LogP contribution in [0.15, 0.2) is 115 Å². The van der Waals surface area contributed by atoms with E-state index in [1.165, 1.54) is 82.4 Å². The number of benzene rings is 4. The molecule has 0 aliphatic heterocycles. The predicted octanol–water partition coefficient (Wildman–Crippen LogP) is 2.99. The van der Waals surface area contributed by atoms with E-state index >= 15 is 0 Å². The zero-order chi connectivity index (χ0) is 24.9. The van der Waals surface area contributed by atoms with Crippen LogP contribution in [-0.4, -0.2) is 3.21 Å². The van der Waals surface area contributed by atoms with E-state index in [0.29, 0.717) is 0 Å². The van der Waals surface area contributed by atoms with Gasteiger partial charge in [-0.15, -0.1) is 33.7 Å². The molecule has 6 rings (SSSR count). The van der Waals surface area contributed by atoms with E-state index < -0.39 is 0 Å². The quantitative estimate of drug-likeness (QED) is 0.268. The molecule has 5 aromatic rings. The Kier molecular flexibility index (Phi) is 11.2. The number of hydrogen-bond acceptors (Lipinski definition) is 0. The maximum absolute atomic E-state index is 2.45. The van der Waals surface area contributed by atoms with Crippen molar-refractivity contribution in [3.05, 3.63) is 143 Å². The Morgan fingerprint density at radius 1 is 0.763 bits per heavy atom. The monoisotopic (exact) mass is 611 g/mol. The van der Waals surface area contributed by atoms with E-state index in [1.807, 2.05) is 0 Å². The van der Waals surface area contributed by atoms with Crippen molar-refractivity contribution in [2.75, 3.05) is 0 Å². The summed E-state index contributed by atoms with van der Waals surface area (Å²) in [6, 6.07) is 34.8. The number of aryl methyl sites for hydroxylation is 2. The van der Waals surface area contributed by atoms with Gasteiger partial charge < -0.3 is 24.8 Å². The van der Waals surface area contributed by atoms with Gasteiger partial charge in [0.15, 0.2) is 0 Å². The van der Waals surface area contributed by atoms with E-state index in [4.69, 9.17) is 0 Å². The summed E-state index contributed by atoms with van der Waals surface area (Å²) in [6.07, 6.45) is 9.99. The minimum atomic E-state index is 0. The van der Waals surface area contributed by atoms with Crippen LogP contribution in [0.1, 0.15) is 48.1 Å². The average Bonchev–Trinajstić information content (AvgIpc) is 3.61. The van der Waals surface area contributed by atoms with Gasteiger partial charge in [-0.3, -0.25) is 0 Å². The van der Waals surface area contributed by atoms with Gasteiger partial charge in [-0.05, 0) is 19.3 Å². The maximum atomic E-state index is 2.45. The first kappa shape index (κ1) is 30.1. The molecule has 0 radical (unpaired) electrons. The first-order chi connectivity index (χ1) is 17.7. The normalized spacial score (nSPS) is 11.8. The Morgan fingerprint density at radius 3 is 1.89 bits per heavy atom. The van der Waals surface area contributed by atoms with Crippen LogP contribution in [0.4, 0.5) is 0 Å². The molecule has 0 nitrogen and oxygen atoms in total. The number of hydrogen-bond donors (Lipinski definition) is 0. The molecule has 0 saturated heterocycles. The summed E-state index contributed by atoms with van der Waals surface area (Å²) in [5, 5.41) is 5.70. The van der Waals surface area contributed by atoms with Crippen molar-refractivity contribution in [3.8, 4) is 0 Å². The van der Waals surface area contributed by atoms with Gasteiger partial charge in [-0.2, -0.15) is 0 Å². The van der Waals surface area contributed by atoms with Gasteiger partial charge in [0, 0.05) is 0 Å². The third kappa shape index (κ3) is 6.23. The fourth-order valence-electron chi connectivity index (χ4n) is 5.24. The summed E-state index contributed by atoms with van der Waals surface area (Å²) in [5.74, 6) is 0. The third-order valence-electron chi connectivity index (χ3n) is 7.04. The number of allylic oxidation sites excluding steroid dienone is 4. The van der Waals surface area contributed by atoms with Gasteiger partial charge in [0.2, 0.25) is 0 Å². The van der Waals surface area contributed by atoms with Crippen LogP contribution in [0.3, 0.4) is 0 Å². The summed E-state index contributed by atoms with van der Waals surface area (Å²) in [7, 11) is 0. The number of fused-ring (bicyclic) bond motifs is 3. The van der Waals surface area contributed by atoms with Crippen molar-refractivity contribution < 1.29 is 49.0 Å². The Labute approximate surface area is 254 Å². The van der Waals surface area contributed by atoms with Crippen molar-refractivity contribution >= 4 is 30.3 Å². The molecule has 0 unspecified atom stereocenters. The average molecular weight is 614 g/mol. The SMILES string of the molecule is CCc1cc(CC)c2c([cH-]c3ccccc32)c1C1=CC=CC1.[Cl-].[Cl-].[Zr+2]=[C](c1ccccc1)c1ccccc1. The van der Waals surface area contributed by atoms with Gasteiger partial charge in [0.1, 0.15) is 0 Å². The zero-order valence-electron chi connectivity index (χ0n) is 21.8. The molecular weight excluding hydrogens is 583 g/mol. The zero-order valence-corrected chi connectivity index (χ0v) is 25.8. The second kappa shape index (κ2) is 14.1. The first-order valence-corrected chi connectivity index (χ1v) is 14.1. The van der Waals surface area contributed by atoms with E-state index in [-0.39, 0.29) is 24.8 Å². The molecule has 0 fully saturated rings. The summed E-state index contributed by atoms with van der Waals surface area (Å²) in [6.45, 7) is 4.54. The molecule has 1 aliphatic carbocycles. The van der Waals surface area contributed by atoms with Crippen LogP contribution in [-0.2, 0) is 37.1 Å². The van der Waals surface area contributed by atoms with Gasteiger partial charge in [-0.1, -0.05) is 78.6 Å². The van der Waals surface area contributed by atoms with Gasteiger partial charge >= 0.3 is 99.2 Å². The van der Waals surface area contributed by atoms with Gasteiger partial charge in [0.05, 0.1) is 0 Å². The van der Waals surface area contributed by atoms with E-state index in [0.717, 1.165) is 19.3 Å². The summed E-state index contributed by atoms with van der Waals surface area (Å²) in [5.41, 5.74) is 8.60. The first-order valence-electron chi connectivity index (χ1n) is 12.9. The number of rotatable bonds is 5. The standard InChI is InChI=1S/C22H21.C13H10.2ClH.Zr/c1-3-15-13-16(4-2)22-19-12-8-7-11-18(19)14-20(22)21(15)17-9-5-6-10-17;1-3-7-12(8-4-1)11-13-9-5-2-6-10-13;;;/h5-9,11-14H,3-4,10H2,1-2H3;1-10H;2*1H;/q-1;;;;+2/p-2. The molecule has 0 amide bonds.